The quantitative estimate of drug-likeness (QED) is 0.553. The number of ether oxygens (including phenoxy) is 1. The van der Waals surface area contributed by atoms with Gasteiger partial charge < -0.3 is 10.5 Å². The number of rotatable bonds is 2. The van der Waals surface area contributed by atoms with E-state index in [0.717, 1.165) is 5.06 Å². The average Bonchev–Trinajstić information content (AvgIpc) is 2.31. The molecule has 1 atom stereocenters. The van der Waals surface area contributed by atoms with Gasteiger partial charge in [0.05, 0.1) is 13.7 Å². The van der Waals surface area contributed by atoms with Crippen molar-refractivity contribution in [2.24, 2.45) is 5.73 Å². The van der Waals surface area contributed by atoms with E-state index in [9.17, 15) is 9.59 Å². The van der Waals surface area contributed by atoms with Crippen LogP contribution in [0, 0.1) is 0 Å². The molecule has 0 saturated carbocycles. The zero-order valence-electron chi connectivity index (χ0n) is 5.94. The predicted octanol–water partition coefficient (Wildman–Crippen LogP) is -1.15. The normalized spacial score (nSPS) is 23.5. The summed E-state index contributed by atoms with van der Waals surface area (Å²) in [5.74, 6) is -0.669. The molecule has 62 valence electrons. The number of hydrogen-bond donors (Lipinski definition) is 1. The fourth-order valence-corrected chi connectivity index (χ4v) is 0.740. The van der Waals surface area contributed by atoms with Crippen LogP contribution >= 0.6 is 0 Å². The molecule has 1 rings (SSSR count). The second-order valence-corrected chi connectivity index (χ2v) is 2.02. The minimum atomic E-state index is -0.887. The second-order valence-electron chi connectivity index (χ2n) is 2.02. The van der Waals surface area contributed by atoms with Crippen molar-refractivity contribution in [3.05, 3.63) is 0 Å². The molecule has 0 radical (unpaired) electrons. The highest BCUT2D eigenvalue weighted by Gasteiger charge is 2.35. The van der Waals surface area contributed by atoms with E-state index < -0.39 is 18.1 Å². The minimum Gasteiger partial charge on any atom is -0.432 e. The van der Waals surface area contributed by atoms with Crippen molar-refractivity contribution in [3.63, 3.8) is 0 Å². The molecule has 11 heavy (non-hydrogen) atoms. The van der Waals surface area contributed by atoms with Crippen LogP contribution in [0.1, 0.15) is 0 Å². The number of amides is 2. The first-order valence-electron chi connectivity index (χ1n) is 2.96. The summed E-state index contributed by atoms with van der Waals surface area (Å²) in [5.41, 5.74) is 4.88. The third-order valence-corrected chi connectivity index (χ3v) is 1.32. The van der Waals surface area contributed by atoms with Gasteiger partial charge in [-0.15, -0.1) is 0 Å². The summed E-state index contributed by atoms with van der Waals surface area (Å²) >= 11 is 0. The van der Waals surface area contributed by atoms with Gasteiger partial charge in [-0.1, -0.05) is 0 Å². The number of hydroxylamine groups is 2. The molecular formula is C5H8N2O4. The molecule has 1 fully saturated rings. The SMILES string of the molecule is CON1CC(C(N)=O)OC1=O. The Hall–Kier alpha value is -1.30. The third-order valence-electron chi connectivity index (χ3n) is 1.32. The van der Waals surface area contributed by atoms with Gasteiger partial charge in [0, 0.05) is 0 Å². The van der Waals surface area contributed by atoms with Crippen LogP contribution in [0.25, 0.3) is 0 Å². The van der Waals surface area contributed by atoms with E-state index in [2.05, 4.69) is 9.57 Å². The van der Waals surface area contributed by atoms with Gasteiger partial charge >= 0.3 is 6.09 Å². The van der Waals surface area contributed by atoms with Crippen LogP contribution in [0.15, 0.2) is 0 Å². The van der Waals surface area contributed by atoms with Gasteiger partial charge in [0.1, 0.15) is 0 Å². The number of nitrogens with two attached hydrogens (primary N) is 1. The van der Waals surface area contributed by atoms with Crippen LogP contribution < -0.4 is 5.73 Å². The molecule has 2 amide bonds. The lowest BCUT2D eigenvalue weighted by Gasteiger charge is -2.06. The van der Waals surface area contributed by atoms with Crippen LogP contribution in [-0.2, 0) is 14.4 Å². The monoisotopic (exact) mass is 160 g/mol. The molecule has 0 spiro atoms. The lowest BCUT2D eigenvalue weighted by Crippen LogP contribution is -2.32. The maximum Gasteiger partial charge on any atom is 0.434 e. The zero-order chi connectivity index (χ0) is 8.43. The van der Waals surface area contributed by atoms with E-state index in [1.54, 1.807) is 0 Å². The van der Waals surface area contributed by atoms with Gasteiger partial charge in [-0.05, 0) is 0 Å². The molecular weight excluding hydrogens is 152 g/mol. The Balaban J connectivity index is 2.56. The average molecular weight is 160 g/mol. The van der Waals surface area contributed by atoms with E-state index in [1.807, 2.05) is 0 Å². The van der Waals surface area contributed by atoms with Crippen molar-refractivity contribution < 1.29 is 19.2 Å². The number of cyclic esters (lactones) is 1. The van der Waals surface area contributed by atoms with Crippen molar-refractivity contribution >= 4 is 12.0 Å². The van der Waals surface area contributed by atoms with Gasteiger partial charge in [-0.3, -0.25) is 9.63 Å². The minimum absolute atomic E-state index is 0.0602. The first-order valence-corrected chi connectivity index (χ1v) is 2.96. The molecule has 1 saturated heterocycles. The smallest absolute Gasteiger partial charge is 0.432 e. The maximum atomic E-state index is 10.7. The van der Waals surface area contributed by atoms with Crippen molar-refractivity contribution in [1.29, 1.82) is 0 Å². The Labute approximate surface area is 62.8 Å². The first-order chi connectivity index (χ1) is 5.15. The maximum absolute atomic E-state index is 10.7. The van der Waals surface area contributed by atoms with E-state index in [4.69, 9.17) is 5.73 Å². The van der Waals surface area contributed by atoms with Crippen molar-refractivity contribution in [2.45, 2.75) is 6.10 Å². The van der Waals surface area contributed by atoms with Gasteiger partial charge in [-0.25, -0.2) is 4.79 Å². The molecule has 1 aliphatic heterocycles. The lowest BCUT2D eigenvalue weighted by molar-refractivity contribution is -0.125. The Morgan fingerprint density at radius 1 is 1.91 bits per heavy atom. The fraction of sp³-hybridized carbons (Fsp3) is 0.600. The molecule has 0 aromatic carbocycles. The summed E-state index contributed by atoms with van der Waals surface area (Å²) in [4.78, 5) is 25.7. The van der Waals surface area contributed by atoms with Crippen molar-refractivity contribution in [2.75, 3.05) is 13.7 Å². The van der Waals surface area contributed by atoms with Gasteiger partial charge in [-0.2, -0.15) is 5.06 Å². The highest BCUT2D eigenvalue weighted by Crippen LogP contribution is 2.09. The molecule has 0 bridgehead atoms. The zero-order valence-corrected chi connectivity index (χ0v) is 5.94. The van der Waals surface area contributed by atoms with Gasteiger partial charge in [0.15, 0.2) is 0 Å². The summed E-state index contributed by atoms with van der Waals surface area (Å²) < 4.78 is 4.51. The van der Waals surface area contributed by atoms with E-state index >= 15 is 0 Å². The van der Waals surface area contributed by atoms with E-state index in [0.29, 0.717) is 0 Å². The topological polar surface area (TPSA) is 81.9 Å². The Bertz CT molecular complexity index is 193. The fourth-order valence-electron chi connectivity index (χ4n) is 0.740. The highest BCUT2D eigenvalue weighted by atomic mass is 16.7. The Morgan fingerprint density at radius 3 is 2.82 bits per heavy atom. The molecule has 1 unspecified atom stereocenters. The second kappa shape index (κ2) is 2.75. The molecule has 2 N–H and O–H groups in total. The third kappa shape index (κ3) is 1.40. The summed E-state index contributed by atoms with van der Waals surface area (Å²) in [6, 6.07) is 0. The van der Waals surface area contributed by atoms with Crippen molar-refractivity contribution in [3.8, 4) is 0 Å². The summed E-state index contributed by atoms with van der Waals surface area (Å²) in [7, 11) is 1.31. The van der Waals surface area contributed by atoms with E-state index in [1.165, 1.54) is 7.11 Å². The molecule has 1 aliphatic rings. The van der Waals surface area contributed by atoms with Crippen LogP contribution in [-0.4, -0.2) is 36.8 Å². The molecule has 0 aromatic heterocycles. The number of carbonyl (C=O) groups excluding carboxylic acids is 2. The van der Waals surface area contributed by atoms with Crippen LogP contribution in [0.3, 0.4) is 0 Å². The summed E-state index contributed by atoms with van der Waals surface area (Å²) in [5, 5.41) is 0.926. The van der Waals surface area contributed by atoms with E-state index in [-0.39, 0.29) is 6.54 Å². The highest BCUT2D eigenvalue weighted by molar-refractivity contribution is 5.84. The Morgan fingerprint density at radius 2 is 2.55 bits per heavy atom. The van der Waals surface area contributed by atoms with Crippen LogP contribution in [0.4, 0.5) is 4.79 Å². The molecule has 0 aromatic rings. The summed E-state index contributed by atoms with van der Waals surface area (Å²) in [6.07, 6.45) is -1.57. The number of nitrogens with zero attached hydrogens (tertiary/aromatic N) is 1. The number of carbonyl (C=O) groups is 2. The largest absolute Gasteiger partial charge is 0.434 e. The molecule has 1 heterocycles. The standard InChI is InChI=1S/C5H8N2O4/c1-10-7-2-3(4(6)8)11-5(7)9/h3H,2H2,1H3,(H2,6,8). The molecule has 6 heteroatoms. The lowest BCUT2D eigenvalue weighted by atomic mass is 10.3. The predicted molar refractivity (Wildman–Crippen MR) is 33.2 cm³/mol. The van der Waals surface area contributed by atoms with Crippen LogP contribution in [0.5, 0.6) is 0 Å². The first kappa shape index (κ1) is 7.80. The van der Waals surface area contributed by atoms with Gasteiger partial charge in [0.25, 0.3) is 5.91 Å². The molecule has 0 aliphatic carbocycles. The number of primary amides is 1. The summed E-state index contributed by atoms with van der Waals surface area (Å²) in [6.45, 7) is 0.0602. The Kier molecular flexibility index (Phi) is 1.95. The number of hydrogen-bond acceptors (Lipinski definition) is 4. The molecule has 6 nitrogen and oxygen atoms in total. The van der Waals surface area contributed by atoms with Crippen LogP contribution in [0.2, 0.25) is 0 Å². The van der Waals surface area contributed by atoms with Crippen molar-refractivity contribution in [1.82, 2.24) is 5.06 Å². The van der Waals surface area contributed by atoms with Gasteiger partial charge in [0.2, 0.25) is 6.10 Å².